The minimum atomic E-state index is 0.808. The number of methoxy groups -OCH3 is 1. The Labute approximate surface area is 100 Å². The van der Waals surface area contributed by atoms with Crippen molar-refractivity contribution in [1.29, 1.82) is 0 Å². The van der Waals surface area contributed by atoms with Crippen LogP contribution in [0.3, 0.4) is 0 Å². The maximum absolute atomic E-state index is 4.97. The van der Waals surface area contributed by atoms with Gasteiger partial charge in [0.05, 0.1) is 6.61 Å². The Morgan fingerprint density at radius 1 is 0.938 bits per heavy atom. The SMILES string of the molecule is COCCNCCNCC1CCCCCC1. The quantitative estimate of drug-likeness (QED) is 0.491. The number of hydrogen-bond acceptors (Lipinski definition) is 3. The van der Waals surface area contributed by atoms with Crippen molar-refractivity contribution in [2.75, 3.05) is 39.9 Å². The second-order valence-electron chi connectivity index (χ2n) is 4.80. The van der Waals surface area contributed by atoms with Crippen molar-refractivity contribution >= 4 is 0 Å². The Hall–Kier alpha value is -0.120. The van der Waals surface area contributed by atoms with Gasteiger partial charge in [0.1, 0.15) is 0 Å². The van der Waals surface area contributed by atoms with Crippen LogP contribution in [0.15, 0.2) is 0 Å². The first-order valence-corrected chi connectivity index (χ1v) is 6.84. The molecule has 0 heterocycles. The highest BCUT2D eigenvalue weighted by molar-refractivity contribution is 4.67. The molecule has 3 heteroatoms. The van der Waals surface area contributed by atoms with Crippen molar-refractivity contribution in [2.45, 2.75) is 38.5 Å². The fourth-order valence-corrected chi connectivity index (χ4v) is 2.35. The van der Waals surface area contributed by atoms with Crippen LogP contribution in [0, 0.1) is 5.92 Å². The standard InChI is InChI=1S/C13H28N2O/c1-16-11-10-14-8-9-15-12-13-6-4-2-3-5-7-13/h13-15H,2-12H2,1H3. The molecular formula is C13H28N2O. The zero-order valence-electron chi connectivity index (χ0n) is 10.8. The lowest BCUT2D eigenvalue weighted by Crippen LogP contribution is -2.32. The van der Waals surface area contributed by atoms with E-state index in [0.29, 0.717) is 0 Å². The highest BCUT2D eigenvalue weighted by atomic mass is 16.5. The van der Waals surface area contributed by atoms with Crippen LogP contribution in [0.25, 0.3) is 0 Å². The summed E-state index contributed by atoms with van der Waals surface area (Å²) in [6.07, 6.45) is 8.66. The van der Waals surface area contributed by atoms with Gasteiger partial charge in [-0.05, 0) is 25.3 Å². The van der Waals surface area contributed by atoms with E-state index < -0.39 is 0 Å². The number of rotatable bonds is 8. The van der Waals surface area contributed by atoms with E-state index in [9.17, 15) is 0 Å². The molecule has 0 aromatic heterocycles. The smallest absolute Gasteiger partial charge is 0.0587 e. The molecule has 1 aliphatic carbocycles. The van der Waals surface area contributed by atoms with E-state index in [-0.39, 0.29) is 0 Å². The summed E-state index contributed by atoms with van der Waals surface area (Å²) < 4.78 is 4.97. The third-order valence-corrected chi connectivity index (χ3v) is 3.37. The summed E-state index contributed by atoms with van der Waals surface area (Å²) in [5.41, 5.74) is 0. The van der Waals surface area contributed by atoms with Crippen molar-refractivity contribution in [3.8, 4) is 0 Å². The first kappa shape index (κ1) is 13.9. The van der Waals surface area contributed by atoms with Gasteiger partial charge >= 0.3 is 0 Å². The molecule has 0 atom stereocenters. The molecule has 0 radical (unpaired) electrons. The molecule has 0 bridgehead atoms. The van der Waals surface area contributed by atoms with Gasteiger partial charge < -0.3 is 15.4 Å². The lowest BCUT2D eigenvalue weighted by atomic mass is 10.0. The Bertz CT molecular complexity index is 145. The zero-order chi connectivity index (χ0) is 11.5. The molecule has 0 unspecified atom stereocenters. The average molecular weight is 228 g/mol. The van der Waals surface area contributed by atoms with Crippen LogP contribution in [0.4, 0.5) is 0 Å². The van der Waals surface area contributed by atoms with Gasteiger partial charge in [0.2, 0.25) is 0 Å². The minimum absolute atomic E-state index is 0.808. The molecule has 2 N–H and O–H groups in total. The summed E-state index contributed by atoms with van der Waals surface area (Å²) in [4.78, 5) is 0. The highest BCUT2D eigenvalue weighted by Gasteiger charge is 2.10. The lowest BCUT2D eigenvalue weighted by Gasteiger charge is -2.14. The maximum atomic E-state index is 4.97. The molecule has 1 saturated carbocycles. The van der Waals surface area contributed by atoms with Crippen LogP contribution >= 0.6 is 0 Å². The van der Waals surface area contributed by atoms with Gasteiger partial charge in [0.25, 0.3) is 0 Å². The lowest BCUT2D eigenvalue weighted by molar-refractivity contribution is 0.199. The van der Waals surface area contributed by atoms with Crippen LogP contribution in [0.1, 0.15) is 38.5 Å². The third-order valence-electron chi connectivity index (χ3n) is 3.37. The highest BCUT2D eigenvalue weighted by Crippen LogP contribution is 2.21. The van der Waals surface area contributed by atoms with Crippen LogP contribution in [0.2, 0.25) is 0 Å². The third kappa shape index (κ3) is 7.20. The number of nitrogens with one attached hydrogen (secondary N) is 2. The van der Waals surface area contributed by atoms with Gasteiger partial charge in [-0.15, -0.1) is 0 Å². The second kappa shape index (κ2) is 10.1. The Morgan fingerprint density at radius 3 is 2.31 bits per heavy atom. The van der Waals surface area contributed by atoms with Crippen molar-refractivity contribution < 1.29 is 4.74 Å². The molecule has 0 amide bonds. The number of hydrogen-bond donors (Lipinski definition) is 2. The first-order valence-electron chi connectivity index (χ1n) is 6.84. The van der Waals surface area contributed by atoms with E-state index in [2.05, 4.69) is 10.6 Å². The maximum Gasteiger partial charge on any atom is 0.0587 e. The first-order chi connectivity index (χ1) is 7.93. The van der Waals surface area contributed by atoms with Gasteiger partial charge in [-0.3, -0.25) is 0 Å². The topological polar surface area (TPSA) is 33.3 Å². The summed E-state index contributed by atoms with van der Waals surface area (Å²) in [5, 5.41) is 6.91. The predicted octanol–water partition coefficient (Wildman–Crippen LogP) is 1.78. The molecule has 1 fully saturated rings. The zero-order valence-corrected chi connectivity index (χ0v) is 10.8. The largest absolute Gasteiger partial charge is 0.383 e. The van der Waals surface area contributed by atoms with E-state index in [1.54, 1.807) is 7.11 Å². The van der Waals surface area contributed by atoms with Gasteiger partial charge in [0.15, 0.2) is 0 Å². The van der Waals surface area contributed by atoms with E-state index in [1.807, 2.05) is 0 Å². The van der Waals surface area contributed by atoms with E-state index in [0.717, 1.165) is 32.2 Å². The van der Waals surface area contributed by atoms with Crippen molar-refractivity contribution in [2.24, 2.45) is 5.92 Å². The molecule has 0 aromatic carbocycles. The molecule has 0 spiro atoms. The fraction of sp³-hybridized carbons (Fsp3) is 1.00. The fourth-order valence-electron chi connectivity index (χ4n) is 2.35. The molecule has 16 heavy (non-hydrogen) atoms. The molecule has 0 aromatic rings. The van der Waals surface area contributed by atoms with E-state index in [4.69, 9.17) is 4.74 Å². The molecule has 96 valence electrons. The van der Waals surface area contributed by atoms with Gasteiger partial charge in [0, 0.05) is 26.7 Å². The Kier molecular flexibility index (Phi) is 8.77. The number of ether oxygens (including phenoxy) is 1. The Morgan fingerprint density at radius 2 is 1.62 bits per heavy atom. The molecule has 0 saturated heterocycles. The summed E-state index contributed by atoms with van der Waals surface area (Å²) in [6, 6.07) is 0. The molecular weight excluding hydrogens is 200 g/mol. The van der Waals surface area contributed by atoms with E-state index in [1.165, 1.54) is 45.1 Å². The molecule has 1 aliphatic rings. The second-order valence-corrected chi connectivity index (χ2v) is 4.80. The monoisotopic (exact) mass is 228 g/mol. The summed E-state index contributed by atoms with van der Waals surface area (Å²) >= 11 is 0. The molecule has 3 nitrogen and oxygen atoms in total. The van der Waals surface area contributed by atoms with Crippen molar-refractivity contribution in [3.05, 3.63) is 0 Å². The van der Waals surface area contributed by atoms with Crippen molar-refractivity contribution in [1.82, 2.24) is 10.6 Å². The summed E-state index contributed by atoms with van der Waals surface area (Å²) in [7, 11) is 1.74. The average Bonchev–Trinajstić information content (AvgIpc) is 2.56. The van der Waals surface area contributed by atoms with Crippen LogP contribution < -0.4 is 10.6 Å². The Balaban J connectivity index is 1.86. The van der Waals surface area contributed by atoms with Crippen LogP contribution in [-0.4, -0.2) is 39.9 Å². The summed E-state index contributed by atoms with van der Waals surface area (Å²) in [6.45, 7) is 5.12. The molecule has 0 aliphatic heterocycles. The predicted molar refractivity (Wildman–Crippen MR) is 68.8 cm³/mol. The molecule has 1 rings (SSSR count). The normalized spacial score (nSPS) is 18.6. The minimum Gasteiger partial charge on any atom is -0.383 e. The summed E-state index contributed by atoms with van der Waals surface area (Å²) in [5.74, 6) is 0.932. The van der Waals surface area contributed by atoms with E-state index >= 15 is 0 Å². The van der Waals surface area contributed by atoms with Gasteiger partial charge in [-0.25, -0.2) is 0 Å². The van der Waals surface area contributed by atoms with Gasteiger partial charge in [-0.1, -0.05) is 25.7 Å². The van der Waals surface area contributed by atoms with Crippen LogP contribution in [0.5, 0.6) is 0 Å². The van der Waals surface area contributed by atoms with Gasteiger partial charge in [-0.2, -0.15) is 0 Å². The van der Waals surface area contributed by atoms with Crippen LogP contribution in [-0.2, 0) is 4.74 Å². The van der Waals surface area contributed by atoms with Crippen molar-refractivity contribution in [3.63, 3.8) is 0 Å².